The number of aryl methyl sites for hydroxylation is 2. The molecule has 3 aromatic carbocycles. The molecular weight excluding hydrogens is 707 g/mol. The van der Waals surface area contributed by atoms with E-state index in [1.165, 1.54) is 12.7 Å². The Balaban J connectivity index is 0.958. The number of rotatable bonds is 9. The van der Waals surface area contributed by atoms with Crippen LogP contribution in [0.5, 0.6) is 0 Å². The summed E-state index contributed by atoms with van der Waals surface area (Å²) in [7, 11) is 1.31. The van der Waals surface area contributed by atoms with E-state index < -0.39 is 12.1 Å². The predicted molar refractivity (Wildman–Crippen MR) is 212 cm³/mol. The molecule has 290 valence electrons. The molecule has 3 aliphatic rings. The van der Waals surface area contributed by atoms with Gasteiger partial charge < -0.3 is 29.7 Å². The lowest BCUT2D eigenvalue weighted by atomic mass is 9.95. The van der Waals surface area contributed by atoms with E-state index in [0.29, 0.717) is 13.1 Å². The zero-order valence-electron chi connectivity index (χ0n) is 32.2. The van der Waals surface area contributed by atoms with Crippen molar-refractivity contribution in [2.24, 2.45) is 5.92 Å². The Morgan fingerprint density at radius 2 is 1.55 bits per heavy atom. The molecule has 4 heterocycles. The van der Waals surface area contributed by atoms with E-state index in [-0.39, 0.29) is 36.6 Å². The van der Waals surface area contributed by atoms with Crippen molar-refractivity contribution in [2.45, 2.75) is 83.5 Å². The SMILES string of the molecule is COC(=O)N[C@H](C(=O)N1CCC[C@H]1c1nc2c([nH]1)CCCc1cc(-c3ccc(-c4cnc([C@@H]5CCCN5C(=O)OCc5ccccc5)[nH]4)cc3)ccc1-2)C(C)C. The van der Waals surface area contributed by atoms with Gasteiger partial charge in [0.25, 0.3) is 0 Å². The molecule has 0 spiro atoms. The lowest BCUT2D eigenvalue weighted by Crippen LogP contribution is -2.51. The van der Waals surface area contributed by atoms with Crippen LogP contribution in [-0.4, -0.2) is 74.1 Å². The second-order valence-electron chi connectivity index (χ2n) is 15.4. The number of fused-ring (bicyclic) bond motifs is 3. The average molecular weight is 756 g/mol. The van der Waals surface area contributed by atoms with Crippen molar-refractivity contribution in [1.82, 2.24) is 35.1 Å². The molecule has 2 aromatic heterocycles. The Morgan fingerprint density at radius 1 is 0.839 bits per heavy atom. The molecule has 0 bridgehead atoms. The fourth-order valence-electron chi connectivity index (χ4n) is 8.42. The molecule has 3 amide bonds. The van der Waals surface area contributed by atoms with E-state index in [2.05, 4.69) is 57.7 Å². The number of methoxy groups -OCH3 is 1. The van der Waals surface area contributed by atoms with Crippen LogP contribution in [-0.2, 0) is 33.7 Å². The van der Waals surface area contributed by atoms with Crippen LogP contribution in [0.25, 0.3) is 33.6 Å². The van der Waals surface area contributed by atoms with E-state index in [1.807, 2.05) is 55.3 Å². The monoisotopic (exact) mass is 755 g/mol. The Morgan fingerprint density at radius 3 is 2.30 bits per heavy atom. The molecule has 3 atom stereocenters. The number of alkyl carbamates (subject to hydrolysis) is 1. The molecule has 8 rings (SSSR count). The summed E-state index contributed by atoms with van der Waals surface area (Å²) in [4.78, 5) is 59.4. The number of aromatic amines is 2. The summed E-state index contributed by atoms with van der Waals surface area (Å²) in [6.07, 6.45) is 7.14. The highest BCUT2D eigenvalue weighted by Crippen LogP contribution is 2.39. The summed E-state index contributed by atoms with van der Waals surface area (Å²) < 4.78 is 10.4. The van der Waals surface area contributed by atoms with E-state index >= 15 is 0 Å². The fraction of sp³-hybridized carbons (Fsp3) is 0.386. The number of carbonyl (C=O) groups is 3. The summed E-state index contributed by atoms with van der Waals surface area (Å²) >= 11 is 0. The number of hydrogen-bond acceptors (Lipinski definition) is 7. The van der Waals surface area contributed by atoms with Crippen LogP contribution in [0.4, 0.5) is 9.59 Å². The Bertz CT molecular complexity index is 2190. The van der Waals surface area contributed by atoms with Gasteiger partial charge in [0.15, 0.2) is 0 Å². The van der Waals surface area contributed by atoms with Gasteiger partial charge in [-0.15, -0.1) is 0 Å². The first-order valence-electron chi connectivity index (χ1n) is 19.8. The van der Waals surface area contributed by atoms with Crippen LogP contribution < -0.4 is 5.32 Å². The molecule has 3 N–H and O–H groups in total. The van der Waals surface area contributed by atoms with Crippen LogP contribution >= 0.6 is 0 Å². The molecule has 0 unspecified atom stereocenters. The molecule has 0 saturated carbocycles. The largest absolute Gasteiger partial charge is 0.453 e. The molecule has 56 heavy (non-hydrogen) atoms. The van der Waals surface area contributed by atoms with Crippen molar-refractivity contribution < 1.29 is 23.9 Å². The first kappa shape index (κ1) is 37.0. The second kappa shape index (κ2) is 16.1. The van der Waals surface area contributed by atoms with Crippen LogP contribution in [0.1, 0.15) is 86.5 Å². The van der Waals surface area contributed by atoms with Gasteiger partial charge in [0.05, 0.1) is 36.8 Å². The number of imidazole rings is 2. The molecule has 2 fully saturated rings. The molecule has 12 nitrogen and oxygen atoms in total. The quantitative estimate of drug-likeness (QED) is 0.138. The third-order valence-electron chi connectivity index (χ3n) is 11.4. The number of carbonyl (C=O) groups excluding carboxylic acids is 3. The smallest absolute Gasteiger partial charge is 0.410 e. The van der Waals surface area contributed by atoms with Crippen molar-refractivity contribution in [3.05, 3.63) is 107 Å². The number of nitrogens with one attached hydrogen (secondary N) is 3. The predicted octanol–water partition coefficient (Wildman–Crippen LogP) is 8.14. The van der Waals surface area contributed by atoms with Crippen molar-refractivity contribution in [1.29, 1.82) is 0 Å². The number of amides is 3. The molecular formula is C44H49N7O5. The normalized spacial score (nSPS) is 18.3. The zero-order valence-corrected chi connectivity index (χ0v) is 32.2. The summed E-state index contributed by atoms with van der Waals surface area (Å²) in [5.41, 5.74) is 9.59. The molecule has 12 heteroatoms. The van der Waals surface area contributed by atoms with Crippen LogP contribution in [0, 0.1) is 5.92 Å². The fourth-order valence-corrected chi connectivity index (χ4v) is 8.42. The Kier molecular flexibility index (Phi) is 10.6. The van der Waals surface area contributed by atoms with Gasteiger partial charge in [0, 0.05) is 24.3 Å². The van der Waals surface area contributed by atoms with Gasteiger partial charge in [-0.3, -0.25) is 9.69 Å². The minimum Gasteiger partial charge on any atom is -0.453 e. The molecule has 2 aliphatic heterocycles. The van der Waals surface area contributed by atoms with Gasteiger partial charge in [-0.05, 0) is 78.7 Å². The van der Waals surface area contributed by atoms with E-state index in [0.717, 1.165) is 101 Å². The minimum absolute atomic E-state index is 0.0931. The van der Waals surface area contributed by atoms with Crippen LogP contribution in [0.3, 0.4) is 0 Å². The highest BCUT2D eigenvalue weighted by Gasteiger charge is 2.38. The number of H-pyrrole nitrogens is 2. The number of aromatic nitrogens is 4. The number of ether oxygens (including phenoxy) is 2. The molecule has 0 radical (unpaired) electrons. The van der Waals surface area contributed by atoms with Gasteiger partial charge in [-0.2, -0.15) is 0 Å². The number of benzene rings is 3. The number of nitrogens with zero attached hydrogens (tertiary/aromatic N) is 4. The number of hydrogen-bond donors (Lipinski definition) is 3. The van der Waals surface area contributed by atoms with Gasteiger partial charge in [0.2, 0.25) is 5.91 Å². The number of likely N-dealkylation sites (tertiary alicyclic amines) is 2. The maximum atomic E-state index is 13.7. The van der Waals surface area contributed by atoms with Crippen LogP contribution in [0.2, 0.25) is 0 Å². The molecule has 2 saturated heterocycles. The lowest BCUT2D eigenvalue weighted by Gasteiger charge is -2.30. The Labute approximate surface area is 327 Å². The third kappa shape index (κ3) is 7.52. The highest BCUT2D eigenvalue weighted by molar-refractivity contribution is 5.86. The van der Waals surface area contributed by atoms with Gasteiger partial charge >= 0.3 is 12.2 Å². The van der Waals surface area contributed by atoms with Crippen LogP contribution in [0.15, 0.2) is 79.0 Å². The summed E-state index contributed by atoms with van der Waals surface area (Å²) in [5, 5.41) is 2.74. The summed E-state index contributed by atoms with van der Waals surface area (Å²) in [6, 6.07) is 23.8. The maximum absolute atomic E-state index is 13.7. The summed E-state index contributed by atoms with van der Waals surface area (Å²) in [5.74, 6) is 1.37. The molecule has 5 aromatic rings. The topological polar surface area (TPSA) is 146 Å². The Hall–Kier alpha value is -5.91. The van der Waals surface area contributed by atoms with Crippen molar-refractivity contribution in [3.8, 4) is 33.6 Å². The molecule has 1 aliphatic carbocycles. The van der Waals surface area contributed by atoms with Gasteiger partial charge in [-0.1, -0.05) is 86.6 Å². The van der Waals surface area contributed by atoms with E-state index in [4.69, 9.17) is 19.4 Å². The zero-order chi connectivity index (χ0) is 38.8. The van der Waals surface area contributed by atoms with E-state index in [1.54, 1.807) is 4.90 Å². The summed E-state index contributed by atoms with van der Waals surface area (Å²) in [6.45, 7) is 5.35. The second-order valence-corrected chi connectivity index (χ2v) is 15.4. The van der Waals surface area contributed by atoms with Crippen molar-refractivity contribution in [3.63, 3.8) is 0 Å². The van der Waals surface area contributed by atoms with E-state index in [9.17, 15) is 14.4 Å². The third-order valence-corrected chi connectivity index (χ3v) is 11.4. The van der Waals surface area contributed by atoms with Crippen molar-refractivity contribution >= 4 is 18.1 Å². The standard InChI is InChI=1S/C44H49N7O5/c1-27(2)38(49-43(53)55-3)42(52)50-22-8-15-37(50)41-46-34-13-7-12-32-24-31(20-21-33(32)39(34)48-41)29-16-18-30(19-17-29)35-25-45-40(47-35)36-14-9-23-51(36)44(54)56-26-28-10-5-4-6-11-28/h4-6,10-11,16-21,24-25,27,36-38H,7-9,12-15,22-23,26H2,1-3H3,(H,45,47)(H,46,48)(H,49,53)/t36-,37-,38-/m0/s1. The highest BCUT2D eigenvalue weighted by atomic mass is 16.6. The van der Waals surface area contributed by atoms with Gasteiger partial charge in [-0.25, -0.2) is 19.6 Å². The minimum atomic E-state index is -0.674. The lowest BCUT2D eigenvalue weighted by molar-refractivity contribution is -0.135. The average Bonchev–Trinajstić information content (AvgIpc) is 4.05. The maximum Gasteiger partial charge on any atom is 0.410 e. The van der Waals surface area contributed by atoms with Crippen molar-refractivity contribution in [2.75, 3.05) is 20.2 Å². The first-order valence-corrected chi connectivity index (χ1v) is 19.8. The first-order chi connectivity index (χ1) is 27.3. The van der Waals surface area contributed by atoms with Gasteiger partial charge in [0.1, 0.15) is 24.3 Å².